The Hall–Kier alpha value is -1.83. The molecule has 1 radical (unpaired) electrons. The van der Waals surface area contributed by atoms with Gasteiger partial charge in [0.05, 0.1) is 0 Å². The number of halogens is 1. The van der Waals surface area contributed by atoms with Crippen LogP contribution >= 0.6 is 0 Å². The molecule has 0 fully saturated rings. The Bertz CT molecular complexity index is 506. The van der Waals surface area contributed by atoms with E-state index >= 15 is 0 Å². The van der Waals surface area contributed by atoms with Gasteiger partial charge in [-0.2, -0.15) is 0 Å². The van der Waals surface area contributed by atoms with E-state index in [0.717, 1.165) is 16.9 Å². The Balaban J connectivity index is 2.27. The van der Waals surface area contributed by atoms with Crippen molar-refractivity contribution >= 4 is 11.4 Å². The van der Waals surface area contributed by atoms with Crippen LogP contribution in [0.25, 0.3) is 0 Å². The predicted octanol–water partition coefficient (Wildman–Crippen LogP) is 3.99. The Morgan fingerprint density at radius 3 is 2.62 bits per heavy atom. The average molecular weight is 214 g/mol. The number of hydrogen-bond acceptors (Lipinski definition) is 1. The summed E-state index contributed by atoms with van der Waals surface area (Å²) in [5.74, 6) is -0.212. The second-order valence-corrected chi connectivity index (χ2v) is 3.86. The lowest BCUT2D eigenvalue weighted by Crippen LogP contribution is -1.94. The lowest BCUT2D eigenvalue weighted by Gasteiger charge is -2.09. The molecule has 81 valence electrons. The number of benzene rings is 2. The van der Waals surface area contributed by atoms with Crippen LogP contribution in [0.15, 0.2) is 36.4 Å². The summed E-state index contributed by atoms with van der Waals surface area (Å²) in [6.07, 6.45) is 0. The molecule has 2 aromatic carbocycles. The van der Waals surface area contributed by atoms with Crippen LogP contribution in [0.1, 0.15) is 11.1 Å². The number of hydrogen-bond donors (Lipinski definition) is 1. The minimum atomic E-state index is -0.212. The van der Waals surface area contributed by atoms with E-state index in [2.05, 4.69) is 11.4 Å². The molecule has 0 spiro atoms. The van der Waals surface area contributed by atoms with Gasteiger partial charge in [-0.05, 0) is 49.2 Å². The quantitative estimate of drug-likeness (QED) is 0.797. The molecule has 0 amide bonds. The first-order valence-electron chi connectivity index (χ1n) is 5.17. The van der Waals surface area contributed by atoms with Crippen LogP contribution in [-0.2, 0) is 0 Å². The molecule has 1 N–H and O–H groups in total. The number of rotatable bonds is 2. The monoisotopic (exact) mass is 214 g/mol. The fraction of sp³-hybridized carbons (Fsp3) is 0.143. The molecule has 0 aliphatic rings. The van der Waals surface area contributed by atoms with Gasteiger partial charge in [0.1, 0.15) is 5.82 Å². The summed E-state index contributed by atoms with van der Waals surface area (Å²) in [6.45, 7) is 3.90. The summed E-state index contributed by atoms with van der Waals surface area (Å²) < 4.78 is 12.9. The maximum atomic E-state index is 12.9. The van der Waals surface area contributed by atoms with E-state index in [-0.39, 0.29) is 5.82 Å². The minimum Gasteiger partial charge on any atom is -0.355 e. The molecule has 0 saturated carbocycles. The predicted molar refractivity (Wildman–Crippen MR) is 64.4 cm³/mol. The fourth-order valence-corrected chi connectivity index (χ4v) is 1.56. The molecule has 2 rings (SSSR count). The fourth-order valence-electron chi connectivity index (χ4n) is 1.56. The first kappa shape index (κ1) is 10.7. The number of nitrogens with one attached hydrogen (secondary N) is 1. The first-order chi connectivity index (χ1) is 7.65. The average Bonchev–Trinajstić information content (AvgIpc) is 2.22. The molecule has 0 heterocycles. The summed E-state index contributed by atoms with van der Waals surface area (Å²) in [6, 6.07) is 13.7. The lowest BCUT2D eigenvalue weighted by molar-refractivity contribution is 0.627. The van der Waals surface area contributed by atoms with Crippen molar-refractivity contribution in [3.8, 4) is 0 Å². The molecule has 2 heteroatoms. The summed E-state index contributed by atoms with van der Waals surface area (Å²) in [4.78, 5) is 0. The topological polar surface area (TPSA) is 12.0 Å². The highest BCUT2D eigenvalue weighted by molar-refractivity contribution is 5.62. The van der Waals surface area contributed by atoms with Gasteiger partial charge in [0.15, 0.2) is 0 Å². The first-order valence-corrected chi connectivity index (χ1v) is 5.17. The summed E-state index contributed by atoms with van der Waals surface area (Å²) in [7, 11) is 0. The number of anilines is 2. The van der Waals surface area contributed by atoms with Gasteiger partial charge in [0, 0.05) is 17.4 Å². The van der Waals surface area contributed by atoms with E-state index in [1.54, 1.807) is 6.07 Å². The lowest BCUT2D eigenvalue weighted by atomic mass is 10.1. The Morgan fingerprint density at radius 2 is 1.94 bits per heavy atom. The van der Waals surface area contributed by atoms with Crippen molar-refractivity contribution < 1.29 is 4.39 Å². The highest BCUT2D eigenvalue weighted by atomic mass is 19.1. The van der Waals surface area contributed by atoms with Gasteiger partial charge >= 0.3 is 0 Å². The molecule has 0 saturated heterocycles. The minimum absolute atomic E-state index is 0.212. The maximum absolute atomic E-state index is 12.9. The van der Waals surface area contributed by atoms with Gasteiger partial charge in [0.25, 0.3) is 0 Å². The van der Waals surface area contributed by atoms with E-state index in [1.165, 1.54) is 17.7 Å². The van der Waals surface area contributed by atoms with Crippen molar-refractivity contribution in [2.75, 3.05) is 5.32 Å². The molecular weight excluding hydrogens is 201 g/mol. The second-order valence-electron chi connectivity index (χ2n) is 3.86. The van der Waals surface area contributed by atoms with E-state index in [9.17, 15) is 4.39 Å². The standard InChI is InChI=1S/C14H13FN/c1-10-4-3-5-13(8-10)16-14-7-6-12(15)9-11(14)2/h3-4,6-9,16H,1-2H3. The summed E-state index contributed by atoms with van der Waals surface area (Å²) in [5, 5.41) is 3.22. The van der Waals surface area contributed by atoms with E-state index in [0.29, 0.717) is 0 Å². The molecule has 2 aromatic rings. The van der Waals surface area contributed by atoms with Gasteiger partial charge in [-0.1, -0.05) is 12.1 Å². The van der Waals surface area contributed by atoms with Crippen LogP contribution in [-0.4, -0.2) is 0 Å². The van der Waals surface area contributed by atoms with Gasteiger partial charge in [-0.15, -0.1) is 0 Å². The second kappa shape index (κ2) is 4.35. The van der Waals surface area contributed by atoms with Gasteiger partial charge in [0.2, 0.25) is 0 Å². The zero-order valence-corrected chi connectivity index (χ0v) is 9.34. The molecule has 1 nitrogen and oxygen atoms in total. The zero-order valence-electron chi connectivity index (χ0n) is 9.34. The molecule has 0 aliphatic heterocycles. The third kappa shape index (κ3) is 2.40. The van der Waals surface area contributed by atoms with E-state index in [1.807, 2.05) is 32.0 Å². The molecule has 0 unspecified atom stereocenters. The molecule has 0 atom stereocenters. The zero-order chi connectivity index (χ0) is 11.5. The van der Waals surface area contributed by atoms with E-state index < -0.39 is 0 Å². The Morgan fingerprint density at radius 1 is 1.12 bits per heavy atom. The molecular formula is C14H13FN. The highest BCUT2D eigenvalue weighted by Gasteiger charge is 2.00. The summed E-state index contributed by atoms with van der Waals surface area (Å²) in [5.41, 5.74) is 3.86. The molecule has 16 heavy (non-hydrogen) atoms. The van der Waals surface area contributed by atoms with Gasteiger partial charge in [-0.3, -0.25) is 0 Å². The Kier molecular flexibility index (Phi) is 2.91. The third-order valence-corrected chi connectivity index (χ3v) is 2.41. The smallest absolute Gasteiger partial charge is 0.123 e. The SMILES string of the molecule is Cc1cc[c]c(Nc2ccc(F)cc2C)c1. The van der Waals surface area contributed by atoms with Crippen molar-refractivity contribution in [1.82, 2.24) is 0 Å². The van der Waals surface area contributed by atoms with Crippen LogP contribution in [0.5, 0.6) is 0 Å². The highest BCUT2D eigenvalue weighted by Crippen LogP contribution is 2.21. The van der Waals surface area contributed by atoms with Crippen LogP contribution in [0.4, 0.5) is 15.8 Å². The van der Waals surface area contributed by atoms with Gasteiger partial charge in [-0.25, -0.2) is 4.39 Å². The Labute approximate surface area is 94.9 Å². The van der Waals surface area contributed by atoms with Crippen LogP contribution in [0.3, 0.4) is 0 Å². The van der Waals surface area contributed by atoms with Crippen LogP contribution in [0.2, 0.25) is 0 Å². The molecule has 0 bridgehead atoms. The van der Waals surface area contributed by atoms with Crippen molar-refractivity contribution in [2.24, 2.45) is 0 Å². The third-order valence-electron chi connectivity index (χ3n) is 2.41. The van der Waals surface area contributed by atoms with Crippen molar-refractivity contribution in [3.05, 3.63) is 59.4 Å². The van der Waals surface area contributed by atoms with E-state index in [4.69, 9.17) is 0 Å². The van der Waals surface area contributed by atoms with Crippen molar-refractivity contribution in [3.63, 3.8) is 0 Å². The maximum Gasteiger partial charge on any atom is 0.123 e. The summed E-state index contributed by atoms with van der Waals surface area (Å²) >= 11 is 0. The normalized spacial score (nSPS) is 10.2. The number of aryl methyl sites for hydroxylation is 2. The van der Waals surface area contributed by atoms with Gasteiger partial charge < -0.3 is 5.32 Å². The van der Waals surface area contributed by atoms with Crippen LogP contribution < -0.4 is 5.32 Å². The van der Waals surface area contributed by atoms with Crippen molar-refractivity contribution in [2.45, 2.75) is 13.8 Å². The molecule has 0 aliphatic carbocycles. The van der Waals surface area contributed by atoms with Crippen molar-refractivity contribution in [1.29, 1.82) is 0 Å². The largest absolute Gasteiger partial charge is 0.355 e. The van der Waals surface area contributed by atoms with Crippen LogP contribution in [0, 0.1) is 25.7 Å². The molecule has 0 aromatic heterocycles.